The predicted octanol–water partition coefficient (Wildman–Crippen LogP) is 6.23. The first kappa shape index (κ1) is 24.5. The first-order valence-electron chi connectivity index (χ1n) is 11.9. The molecule has 1 amide bonds. The SMILES string of the molecule is CCOC[C@H](CC(C)C)NC(=O)c1ccc2c(c1)nc(Cc1cccs1)n2C(CC)CC. The molecule has 0 spiro atoms. The standard InChI is InChI=1S/C26H37N3O2S/c1-6-21(7-2)29-24-12-11-19(26(30)27-20(14-18(4)5)17-31-8-3)15-23(24)28-25(29)16-22-10-9-13-32-22/h9-13,15,18,20-21H,6-8,14,16-17H2,1-5H3,(H,27,30)/t20-/m0/s1. The van der Waals surface area contributed by atoms with E-state index in [0.29, 0.717) is 30.7 Å². The second kappa shape index (κ2) is 11.6. The van der Waals surface area contributed by atoms with Crippen LogP contribution in [0.2, 0.25) is 0 Å². The van der Waals surface area contributed by atoms with Crippen LogP contribution < -0.4 is 5.32 Å². The third-order valence-corrected chi connectivity index (χ3v) is 6.74. The van der Waals surface area contributed by atoms with Gasteiger partial charge in [-0.3, -0.25) is 4.79 Å². The van der Waals surface area contributed by atoms with Gasteiger partial charge in [0.1, 0.15) is 5.82 Å². The van der Waals surface area contributed by atoms with Crippen LogP contribution in [-0.4, -0.2) is 34.7 Å². The maximum atomic E-state index is 13.0. The molecule has 3 rings (SSSR count). The molecule has 0 aliphatic carbocycles. The monoisotopic (exact) mass is 455 g/mol. The second-order valence-corrected chi connectivity index (χ2v) is 9.82. The Morgan fingerprint density at radius 1 is 1.19 bits per heavy atom. The van der Waals surface area contributed by atoms with E-state index in [-0.39, 0.29) is 11.9 Å². The van der Waals surface area contributed by atoms with E-state index in [2.05, 4.69) is 61.2 Å². The minimum absolute atomic E-state index is 0.00894. The number of amides is 1. The molecule has 0 saturated carbocycles. The fourth-order valence-corrected chi connectivity index (χ4v) is 5.01. The molecule has 1 atom stereocenters. The lowest BCUT2D eigenvalue weighted by Crippen LogP contribution is -2.39. The number of hydrogen-bond acceptors (Lipinski definition) is 4. The van der Waals surface area contributed by atoms with E-state index in [4.69, 9.17) is 9.72 Å². The average molecular weight is 456 g/mol. The van der Waals surface area contributed by atoms with E-state index in [0.717, 1.165) is 42.5 Å². The van der Waals surface area contributed by atoms with Crippen LogP contribution in [0.4, 0.5) is 0 Å². The Hall–Kier alpha value is -2.18. The zero-order valence-electron chi connectivity index (χ0n) is 20.1. The highest BCUT2D eigenvalue weighted by Gasteiger charge is 2.20. The molecule has 5 nitrogen and oxygen atoms in total. The normalized spacial score (nSPS) is 12.7. The van der Waals surface area contributed by atoms with Crippen molar-refractivity contribution in [3.63, 3.8) is 0 Å². The summed E-state index contributed by atoms with van der Waals surface area (Å²) in [7, 11) is 0. The van der Waals surface area contributed by atoms with Crippen LogP contribution in [0.25, 0.3) is 11.0 Å². The van der Waals surface area contributed by atoms with Gasteiger partial charge < -0.3 is 14.6 Å². The summed E-state index contributed by atoms with van der Waals surface area (Å²) in [5, 5.41) is 5.28. The highest BCUT2D eigenvalue weighted by Crippen LogP contribution is 2.28. The fourth-order valence-electron chi connectivity index (χ4n) is 4.31. The molecule has 0 aliphatic rings. The number of carbonyl (C=O) groups is 1. The van der Waals surface area contributed by atoms with Crippen LogP contribution in [0.5, 0.6) is 0 Å². The quantitative estimate of drug-likeness (QED) is 0.352. The predicted molar refractivity (Wildman–Crippen MR) is 134 cm³/mol. The molecule has 2 heterocycles. The van der Waals surface area contributed by atoms with Crippen LogP contribution in [0.1, 0.15) is 81.0 Å². The van der Waals surface area contributed by atoms with E-state index >= 15 is 0 Å². The zero-order valence-corrected chi connectivity index (χ0v) is 20.9. The summed E-state index contributed by atoms with van der Waals surface area (Å²) in [5.41, 5.74) is 2.65. The number of hydrogen-bond donors (Lipinski definition) is 1. The Bertz CT molecular complexity index is 990. The van der Waals surface area contributed by atoms with Crippen molar-refractivity contribution in [2.75, 3.05) is 13.2 Å². The summed E-state index contributed by atoms with van der Waals surface area (Å²) < 4.78 is 7.98. The lowest BCUT2D eigenvalue weighted by atomic mass is 10.0. The maximum Gasteiger partial charge on any atom is 0.251 e. The van der Waals surface area contributed by atoms with Crippen molar-refractivity contribution in [1.82, 2.24) is 14.9 Å². The van der Waals surface area contributed by atoms with E-state index in [1.807, 2.05) is 19.1 Å². The molecular formula is C26H37N3O2S. The summed E-state index contributed by atoms with van der Waals surface area (Å²) in [6, 6.07) is 10.6. The van der Waals surface area contributed by atoms with E-state index in [9.17, 15) is 4.79 Å². The lowest BCUT2D eigenvalue weighted by Gasteiger charge is -2.20. The van der Waals surface area contributed by atoms with Gasteiger partial charge in [0.15, 0.2) is 0 Å². The minimum Gasteiger partial charge on any atom is -0.380 e. The molecule has 1 aromatic carbocycles. The number of thiophene rings is 1. The van der Waals surface area contributed by atoms with E-state index in [1.54, 1.807) is 11.3 Å². The second-order valence-electron chi connectivity index (χ2n) is 8.79. The van der Waals surface area contributed by atoms with Crippen molar-refractivity contribution >= 4 is 28.3 Å². The first-order chi connectivity index (χ1) is 15.5. The lowest BCUT2D eigenvalue weighted by molar-refractivity contribution is 0.0836. The molecule has 6 heteroatoms. The molecule has 0 radical (unpaired) electrons. The number of aromatic nitrogens is 2. The molecular weight excluding hydrogens is 418 g/mol. The largest absolute Gasteiger partial charge is 0.380 e. The van der Waals surface area contributed by atoms with Crippen molar-refractivity contribution in [2.24, 2.45) is 5.92 Å². The van der Waals surface area contributed by atoms with Crippen molar-refractivity contribution in [1.29, 1.82) is 0 Å². The zero-order chi connectivity index (χ0) is 23.1. The van der Waals surface area contributed by atoms with Gasteiger partial charge in [-0.05, 0) is 61.7 Å². The van der Waals surface area contributed by atoms with Crippen LogP contribution in [-0.2, 0) is 11.2 Å². The van der Waals surface area contributed by atoms with Crippen molar-refractivity contribution < 1.29 is 9.53 Å². The smallest absolute Gasteiger partial charge is 0.251 e. The van der Waals surface area contributed by atoms with Gasteiger partial charge in [0.05, 0.1) is 23.7 Å². The van der Waals surface area contributed by atoms with Crippen molar-refractivity contribution in [2.45, 2.75) is 72.4 Å². The Kier molecular flexibility index (Phi) is 8.88. The van der Waals surface area contributed by atoms with Gasteiger partial charge in [0, 0.05) is 29.5 Å². The van der Waals surface area contributed by atoms with E-state index < -0.39 is 0 Å². The van der Waals surface area contributed by atoms with Crippen LogP contribution in [0.3, 0.4) is 0 Å². The van der Waals surface area contributed by atoms with E-state index in [1.165, 1.54) is 4.88 Å². The van der Waals surface area contributed by atoms with Crippen LogP contribution in [0.15, 0.2) is 35.7 Å². The van der Waals surface area contributed by atoms with Gasteiger partial charge in [0.2, 0.25) is 0 Å². The van der Waals surface area contributed by atoms with Gasteiger partial charge in [-0.1, -0.05) is 33.8 Å². The molecule has 174 valence electrons. The minimum atomic E-state index is -0.0610. The van der Waals surface area contributed by atoms with Gasteiger partial charge in [-0.15, -0.1) is 11.3 Å². The number of nitrogens with one attached hydrogen (secondary N) is 1. The first-order valence-corrected chi connectivity index (χ1v) is 12.8. The number of carbonyl (C=O) groups excluding carboxylic acids is 1. The summed E-state index contributed by atoms with van der Waals surface area (Å²) in [6.45, 7) is 11.9. The number of ether oxygens (including phenoxy) is 1. The highest BCUT2D eigenvalue weighted by molar-refractivity contribution is 7.09. The summed E-state index contributed by atoms with van der Waals surface area (Å²) in [5.74, 6) is 1.50. The molecule has 1 N–H and O–H groups in total. The van der Waals surface area contributed by atoms with Crippen LogP contribution in [0, 0.1) is 5.92 Å². The molecule has 0 bridgehead atoms. The summed E-state index contributed by atoms with van der Waals surface area (Å²) in [6.07, 6.45) is 3.81. The molecule has 3 aromatic rings. The number of nitrogens with zero attached hydrogens (tertiary/aromatic N) is 2. The molecule has 0 unspecified atom stereocenters. The summed E-state index contributed by atoms with van der Waals surface area (Å²) in [4.78, 5) is 19.3. The van der Waals surface area contributed by atoms with Gasteiger partial charge in [0.25, 0.3) is 5.91 Å². The average Bonchev–Trinajstić information content (AvgIpc) is 3.40. The molecule has 0 saturated heterocycles. The van der Waals surface area contributed by atoms with Gasteiger partial charge >= 0.3 is 0 Å². The topological polar surface area (TPSA) is 56.1 Å². The maximum absolute atomic E-state index is 13.0. The molecule has 0 aliphatic heterocycles. The highest BCUT2D eigenvalue weighted by atomic mass is 32.1. The Balaban J connectivity index is 1.90. The fraction of sp³-hybridized carbons (Fsp3) is 0.538. The number of benzene rings is 1. The Morgan fingerprint density at radius 2 is 1.97 bits per heavy atom. The number of imidazole rings is 1. The number of rotatable bonds is 12. The van der Waals surface area contributed by atoms with Gasteiger partial charge in [-0.25, -0.2) is 4.98 Å². The molecule has 0 fully saturated rings. The van der Waals surface area contributed by atoms with Crippen LogP contribution >= 0.6 is 11.3 Å². The number of fused-ring (bicyclic) bond motifs is 1. The third-order valence-electron chi connectivity index (χ3n) is 5.86. The third kappa shape index (κ3) is 5.99. The van der Waals surface area contributed by atoms with Gasteiger partial charge in [-0.2, -0.15) is 0 Å². The van der Waals surface area contributed by atoms with Crippen molar-refractivity contribution in [3.05, 3.63) is 52.0 Å². The molecule has 32 heavy (non-hydrogen) atoms. The summed E-state index contributed by atoms with van der Waals surface area (Å²) >= 11 is 1.76. The van der Waals surface area contributed by atoms with Crippen molar-refractivity contribution in [3.8, 4) is 0 Å². The Labute approximate surface area is 196 Å². The molecule has 2 aromatic heterocycles. The Morgan fingerprint density at radius 3 is 2.59 bits per heavy atom.